The summed E-state index contributed by atoms with van der Waals surface area (Å²) in [5, 5.41) is 0. The first-order valence-electron chi connectivity index (χ1n) is 7.27. The highest BCUT2D eigenvalue weighted by Crippen LogP contribution is 2.29. The molecule has 2 saturated heterocycles. The van der Waals surface area contributed by atoms with E-state index >= 15 is 0 Å². The van der Waals surface area contributed by atoms with Gasteiger partial charge >= 0.3 is 0 Å². The summed E-state index contributed by atoms with van der Waals surface area (Å²) < 4.78 is 5.67. The van der Waals surface area contributed by atoms with E-state index in [2.05, 4.69) is 23.0 Å². The molecular weight excluding hydrogens is 238 g/mol. The number of nitrogens with zero attached hydrogens (tertiary/aromatic N) is 2. The lowest BCUT2D eigenvalue weighted by molar-refractivity contribution is -0.870. The number of rotatable bonds is 2. The molecule has 0 radical (unpaired) electrons. The van der Waals surface area contributed by atoms with Crippen LogP contribution in [0.3, 0.4) is 0 Å². The third-order valence-electron chi connectivity index (χ3n) is 4.78. The van der Waals surface area contributed by atoms with Gasteiger partial charge in [-0.15, -0.1) is 0 Å². The Hall–Kier alpha value is -0.970. The number of nitrogens with one attached hydrogen (secondary N) is 1. The smallest absolute Gasteiger partial charge is 0.0791 e. The molecule has 3 atom stereocenters. The van der Waals surface area contributed by atoms with Crippen molar-refractivity contribution in [2.75, 3.05) is 19.7 Å². The van der Waals surface area contributed by atoms with E-state index in [1.54, 1.807) is 0 Å². The molecule has 1 aromatic rings. The van der Waals surface area contributed by atoms with Gasteiger partial charge in [-0.05, 0) is 18.1 Å². The fourth-order valence-electron chi connectivity index (χ4n) is 3.71. The van der Waals surface area contributed by atoms with E-state index in [1.165, 1.54) is 28.1 Å². The van der Waals surface area contributed by atoms with Crippen molar-refractivity contribution in [3.8, 4) is 0 Å². The van der Waals surface area contributed by atoms with E-state index in [0.717, 1.165) is 39.2 Å². The molecule has 4 heterocycles. The number of aromatic nitrogens is 1. The van der Waals surface area contributed by atoms with Crippen LogP contribution in [-0.4, -0.2) is 41.7 Å². The summed E-state index contributed by atoms with van der Waals surface area (Å²) in [4.78, 5) is 8.57. The van der Waals surface area contributed by atoms with Crippen molar-refractivity contribution in [2.24, 2.45) is 0 Å². The van der Waals surface area contributed by atoms with Crippen LogP contribution in [0.25, 0.3) is 0 Å². The first kappa shape index (κ1) is 11.8. The number of fused-ring (bicyclic) bond motifs is 3. The first-order valence-corrected chi connectivity index (χ1v) is 7.27. The van der Waals surface area contributed by atoms with E-state index in [1.807, 2.05) is 6.20 Å². The average molecular weight is 259 g/mol. The van der Waals surface area contributed by atoms with E-state index in [0.29, 0.717) is 12.1 Å². The zero-order chi connectivity index (χ0) is 12.8. The standard InChI is InChI=1S/C15H21N3O/c1-17-5-3-14-11(7-17)2-4-16-15(14)9-18-8-13-6-12(18)10-19-13/h2,4,12-13,17H,1,3,5-10H2/t12-,13-/m1/s1. The molecule has 19 heavy (non-hydrogen) atoms. The van der Waals surface area contributed by atoms with Crippen molar-refractivity contribution < 1.29 is 9.64 Å². The molecule has 2 fully saturated rings. The van der Waals surface area contributed by atoms with Gasteiger partial charge in [0, 0.05) is 37.3 Å². The van der Waals surface area contributed by atoms with Crippen LogP contribution >= 0.6 is 0 Å². The van der Waals surface area contributed by atoms with E-state index in [4.69, 9.17) is 4.74 Å². The normalized spacial score (nSPS) is 33.6. The van der Waals surface area contributed by atoms with Gasteiger partial charge in [0.1, 0.15) is 0 Å². The van der Waals surface area contributed by atoms with E-state index in [-0.39, 0.29) is 0 Å². The van der Waals surface area contributed by atoms with Crippen LogP contribution < -0.4 is 4.90 Å². The lowest BCUT2D eigenvalue weighted by Gasteiger charge is -2.31. The molecule has 4 rings (SSSR count). The van der Waals surface area contributed by atoms with Crippen LogP contribution in [0.15, 0.2) is 12.3 Å². The minimum atomic E-state index is 0.476. The second kappa shape index (κ2) is 4.54. The SMILES string of the molecule is [CH2-][NH+]1CCc2c(ccnc2CN2C[C@H]3C[C@@H]2CO3)C1. The molecule has 0 amide bonds. The Morgan fingerprint density at radius 1 is 1.53 bits per heavy atom. The van der Waals surface area contributed by atoms with Gasteiger partial charge in [0.15, 0.2) is 0 Å². The Morgan fingerprint density at radius 2 is 2.47 bits per heavy atom. The second-order valence-corrected chi connectivity index (χ2v) is 6.10. The largest absolute Gasteiger partial charge is 0.464 e. The van der Waals surface area contributed by atoms with E-state index < -0.39 is 0 Å². The Balaban J connectivity index is 1.57. The van der Waals surface area contributed by atoms with Crippen LogP contribution in [0.1, 0.15) is 23.2 Å². The zero-order valence-corrected chi connectivity index (χ0v) is 11.3. The maximum Gasteiger partial charge on any atom is 0.0791 e. The molecule has 0 saturated carbocycles. The molecule has 4 nitrogen and oxygen atoms in total. The van der Waals surface area contributed by atoms with Crippen molar-refractivity contribution in [3.05, 3.63) is 36.1 Å². The highest BCUT2D eigenvalue weighted by molar-refractivity contribution is 5.31. The second-order valence-electron chi connectivity index (χ2n) is 6.10. The predicted octanol–water partition coefficient (Wildman–Crippen LogP) is -0.213. The predicted molar refractivity (Wildman–Crippen MR) is 71.4 cm³/mol. The Kier molecular flexibility index (Phi) is 2.83. The Labute approximate surface area is 114 Å². The van der Waals surface area contributed by atoms with Gasteiger partial charge in [-0.2, -0.15) is 7.05 Å². The number of hydrogen-bond donors (Lipinski definition) is 1. The summed E-state index contributed by atoms with van der Waals surface area (Å²) >= 11 is 0. The van der Waals surface area contributed by atoms with Gasteiger partial charge in [0.25, 0.3) is 0 Å². The number of morpholine rings is 1. The Bertz CT molecular complexity index is 490. The van der Waals surface area contributed by atoms with Gasteiger partial charge in [-0.25, -0.2) is 0 Å². The van der Waals surface area contributed by atoms with Gasteiger partial charge in [0.05, 0.1) is 31.5 Å². The van der Waals surface area contributed by atoms with Crippen molar-refractivity contribution in [1.29, 1.82) is 0 Å². The molecular formula is C15H21N3O. The van der Waals surface area contributed by atoms with Crippen LogP contribution in [-0.2, 0) is 24.2 Å². The molecule has 0 spiro atoms. The van der Waals surface area contributed by atoms with Gasteiger partial charge in [0.2, 0.25) is 0 Å². The summed E-state index contributed by atoms with van der Waals surface area (Å²) in [6.45, 7) is 5.17. The topological polar surface area (TPSA) is 29.8 Å². The molecule has 1 unspecified atom stereocenters. The highest BCUT2D eigenvalue weighted by atomic mass is 16.5. The third kappa shape index (κ3) is 2.08. The molecule has 102 valence electrons. The molecule has 4 heteroatoms. The van der Waals surface area contributed by atoms with Crippen LogP contribution in [0.5, 0.6) is 0 Å². The summed E-state index contributed by atoms with van der Waals surface area (Å²) in [6, 6.07) is 2.80. The quantitative estimate of drug-likeness (QED) is 0.745. The van der Waals surface area contributed by atoms with Crippen molar-refractivity contribution in [2.45, 2.75) is 38.1 Å². The van der Waals surface area contributed by atoms with Gasteiger partial charge in [-0.1, -0.05) is 0 Å². The van der Waals surface area contributed by atoms with Gasteiger partial charge in [-0.3, -0.25) is 9.88 Å². The zero-order valence-electron chi connectivity index (χ0n) is 11.3. The summed E-state index contributed by atoms with van der Waals surface area (Å²) in [5.74, 6) is 0. The van der Waals surface area contributed by atoms with Crippen molar-refractivity contribution >= 4 is 0 Å². The highest BCUT2D eigenvalue weighted by Gasteiger charge is 2.39. The molecule has 1 aromatic heterocycles. The average Bonchev–Trinajstić information content (AvgIpc) is 3.01. The number of ether oxygens (including phenoxy) is 1. The monoisotopic (exact) mass is 259 g/mol. The molecule has 0 aromatic carbocycles. The summed E-state index contributed by atoms with van der Waals surface area (Å²) in [6.07, 6.45) is 4.78. The maximum atomic E-state index is 5.67. The number of pyridine rings is 1. The molecule has 0 aliphatic carbocycles. The third-order valence-corrected chi connectivity index (χ3v) is 4.78. The lowest BCUT2D eigenvalue weighted by atomic mass is 9.98. The molecule has 2 bridgehead atoms. The van der Waals surface area contributed by atoms with Crippen LogP contribution in [0.4, 0.5) is 0 Å². The summed E-state index contributed by atoms with van der Waals surface area (Å²) in [5.41, 5.74) is 4.22. The van der Waals surface area contributed by atoms with Gasteiger partial charge < -0.3 is 9.64 Å². The molecule has 3 aliphatic heterocycles. The maximum absolute atomic E-state index is 5.67. The first-order chi connectivity index (χ1) is 9.29. The van der Waals surface area contributed by atoms with E-state index in [9.17, 15) is 0 Å². The minimum absolute atomic E-state index is 0.476. The molecule has 3 aliphatic rings. The van der Waals surface area contributed by atoms with Crippen LogP contribution in [0.2, 0.25) is 0 Å². The summed E-state index contributed by atoms with van der Waals surface area (Å²) in [7, 11) is 4.13. The molecule has 1 N–H and O–H groups in total. The van der Waals surface area contributed by atoms with Crippen LogP contribution in [0, 0.1) is 7.05 Å². The fraction of sp³-hybridized carbons (Fsp3) is 0.600. The van der Waals surface area contributed by atoms with Crippen molar-refractivity contribution in [3.63, 3.8) is 0 Å². The Morgan fingerprint density at radius 3 is 3.26 bits per heavy atom. The number of likely N-dealkylation sites (tertiary alicyclic amines) is 1. The minimum Gasteiger partial charge on any atom is -0.464 e. The fourth-order valence-corrected chi connectivity index (χ4v) is 3.71. The lowest BCUT2D eigenvalue weighted by Crippen LogP contribution is -3.06. The number of hydrogen-bond acceptors (Lipinski definition) is 3. The van der Waals surface area contributed by atoms with Crippen molar-refractivity contribution in [1.82, 2.24) is 9.88 Å². The number of quaternary nitrogens is 1.